The van der Waals surface area contributed by atoms with Gasteiger partial charge in [0.05, 0.1) is 0 Å². The standard InChI is InChI=1S/C15H26N2O/c1-2-17(11-10-16-8-3-4-9-16)14(18)13-12-15(13)6-5-7-15/h13H,2-12H2,1H3. The van der Waals surface area contributed by atoms with Crippen LogP contribution in [0.2, 0.25) is 0 Å². The molecular formula is C15H26N2O. The summed E-state index contributed by atoms with van der Waals surface area (Å²) in [5.74, 6) is 0.848. The number of likely N-dealkylation sites (N-methyl/N-ethyl adjacent to an activating group) is 1. The maximum Gasteiger partial charge on any atom is 0.226 e. The first-order chi connectivity index (χ1) is 8.75. The van der Waals surface area contributed by atoms with E-state index < -0.39 is 0 Å². The van der Waals surface area contributed by atoms with E-state index in [9.17, 15) is 4.79 Å². The van der Waals surface area contributed by atoms with Crippen LogP contribution in [0, 0.1) is 11.3 Å². The molecule has 3 aliphatic rings. The molecule has 1 aliphatic heterocycles. The summed E-state index contributed by atoms with van der Waals surface area (Å²) in [6.45, 7) is 7.51. The first-order valence-corrected chi connectivity index (χ1v) is 7.76. The molecule has 1 spiro atoms. The minimum absolute atomic E-state index is 0.393. The number of carbonyl (C=O) groups is 1. The fourth-order valence-electron chi connectivity index (χ4n) is 3.79. The van der Waals surface area contributed by atoms with E-state index >= 15 is 0 Å². The molecule has 1 unspecified atom stereocenters. The van der Waals surface area contributed by atoms with E-state index in [1.54, 1.807) is 0 Å². The third kappa shape index (κ3) is 2.18. The summed E-state index contributed by atoms with van der Waals surface area (Å²) >= 11 is 0. The Kier molecular flexibility index (Phi) is 3.35. The predicted molar refractivity (Wildman–Crippen MR) is 72.3 cm³/mol. The average Bonchev–Trinajstić information content (AvgIpc) is 2.92. The van der Waals surface area contributed by atoms with Gasteiger partial charge >= 0.3 is 0 Å². The van der Waals surface area contributed by atoms with Crippen molar-refractivity contribution in [1.29, 1.82) is 0 Å². The van der Waals surface area contributed by atoms with Crippen LogP contribution in [-0.4, -0.2) is 48.4 Å². The number of amides is 1. The fourth-order valence-corrected chi connectivity index (χ4v) is 3.79. The monoisotopic (exact) mass is 250 g/mol. The number of likely N-dealkylation sites (tertiary alicyclic amines) is 1. The van der Waals surface area contributed by atoms with Gasteiger partial charge in [0.25, 0.3) is 0 Å². The lowest BCUT2D eigenvalue weighted by molar-refractivity contribution is -0.134. The van der Waals surface area contributed by atoms with Crippen LogP contribution in [0.3, 0.4) is 0 Å². The summed E-state index contributed by atoms with van der Waals surface area (Å²) in [6, 6.07) is 0. The van der Waals surface area contributed by atoms with E-state index in [0.717, 1.165) is 19.6 Å². The molecule has 3 nitrogen and oxygen atoms in total. The van der Waals surface area contributed by atoms with Crippen molar-refractivity contribution in [2.24, 2.45) is 11.3 Å². The molecule has 2 aliphatic carbocycles. The summed E-state index contributed by atoms with van der Waals surface area (Å²) in [4.78, 5) is 17.1. The third-order valence-electron chi connectivity index (χ3n) is 5.42. The molecule has 0 aromatic carbocycles. The molecule has 2 saturated carbocycles. The molecule has 0 aromatic rings. The Labute approximate surface area is 111 Å². The average molecular weight is 250 g/mol. The van der Waals surface area contributed by atoms with Crippen molar-refractivity contribution in [2.75, 3.05) is 32.7 Å². The van der Waals surface area contributed by atoms with Gasteiger partial charge in [-0.3, -0.25) is 4.79 Å². The van der Waals surface area contributed by atoms with Crippen LogP contribution < -0.4 is 0 Å². The van der Waals surface area contributed by atoms with E-state index in [1.165, 1.54) is 51.6 Å². The Balaban J connectivity index is 1.47. The lowest BCUT2D eigenvalue weighted by atomic mass is 9.79. The van der Waals surface area contributed by atoms with Gasteiger partial charge in [-0.2, -0.15) is 0 Å². The molecular weight excluding hydrogens is 224 g/mol. The van der Waals surface area contributed by atoms with E-state index in [-0.39, 0.29) is 0 Å². The highest BCUT2D eigenvalue weighted by Crippen LogP contribution is 2.65. The second-order valence-corrected chi connectivity index (χ2v) is 6.44. The van der Waals surface area contributed by atoms with Gasteiger partial charge in [0, 0.05) is 25.6 Å². The molecule has 1 heterocycles. The van der Waals surface area contributed by atoms with Gasteiger partial charge in [0.1, 0.15) is 0 Å². The van der Waals surface area contributed by atoms with Crippen LogP contribution in [0.1, 0.15) is 45.4 Å². The molecule has 1 amide bonds. The van der Waals surface area contributed by atoms with Crippen LogP contribution >= 0.6 is 0 Å². The molecule has 0 N–H and O–H groups in total. The highest BCUT2D eigenvalue weighted by atomic mass is 16.2. The van der Waals surface area contributed by atoms with Gasteiger partial charge in [-0.05, 0) is 57.5 Å². The normalized spacial score (nSPS) is 29.3. The van der Waals surface area contributed by atoms with Gasteiger partial charge in [-0.15, -0.1) is 0 Å². The van der Waals surface area contributed by atoms with Gasteiger partial charge in [0.2, 0.25) is 5.91 Å². The molecule has 3 heteroatoms. The van der Waals surface area contributed by atoms with Gasteiger partial charge in [-0.1, -0.05) is 6.42 Å². The van der Waals surface area contributed by atoms with Crippen molar-refractivity contribution in [3.05, 3.63) is 0 Å². The fraction of sp³-hybridized carbons (Fsp3) is 0.933. The van der Waals surface area contributed by atoms with E-state index in [2.05, 4.69) is 16.7 Å². The zero-order valence-electron chi connectivity index (χ0n) is 11.7. The summed E-state index contributed by atoms with van der Waals surface area (Å²) < 4.78 is 0. The van der Waals surface area contributed by atoms with Gasteiger partial charge in [0.15, 0.2) is 0 Å². The summed E-state index contributed by atoms with van der Waals surface area (Å²) in [7, 11) is 0. The Morgan fingerprint density at radius 3 is 2.50 bits per heavy atom. The first-order valence-electron chi connectivity index (χ1n) is 7.76. The zero-order chi connectivity index (χ0) is 12.6. The van der Waals surface area contributed by atoms with Crippen LogP contribution in [0.15, 0.2) is 0 Å². The molecule has 0 bridgehead atoms. The van der Waals surface area contributed by atoms with Crippen molar-refractivity contribution in [2.45, 2.75) is 45.4 Å². The lowest BCUT2D eigenvalue weighted by Crippen LogP contribution is -2.39. The third-order valence-corrected chi connectivity index (χ3v) is 5.42. The quantitative estimate of drug-likeness (QED) is 0.746. The number of carbonyl (C=O) groups excluding carboxylic acids is 1. The van der Waals surface area contributed by atoms with Crippen molar-refractivity contribution < 1.29 is 4.79 Å². The van der Waals surface area contributed by atoms with E-state index in [0.29, 0.717) is 17.2 Å². The van der Waals surface area contributed by atoms with Crippen molar-refractivity contribution in [1.82, 2.24) is 9.80 Å². The highest BCUT2D eigenvalue weighted by Gasteiger charge is 2.61. The van der Waals surface area contributed by atoms with Crippen molar-refractivity contribution in [3.63, 3.8) is 0 Å². The lowest BCUT2D eigenvalue weighted by Gasteiger charge is -2.29. The maximum absolute atomic E-state index is 12.5. The maximum atomic E-state index is 12.5. The number of hydrogen-bond acceptors (Lipinski definition) is 2. The summed E-state index contributed by atoms with van der Waals surface area (Å²) in [6.07, 6.45) is 7.84. The summed E-state index contributed by atoms with van der Waals surface area (Å²) in [5.41, 5.74) is 0.484. The topological polar surface area (TPSA) is 23.6 Å². The van der Waals surface area contributed by atoms with Gasteiger partial charge in [-0.25, -0.2) is 0 Å². The SMILES string of the molecule is CCN(CCN1CCCC1)C(=O)C1CC12CCC2. The Bertz CT molecular complexity index is 318. The predicted octanol–water partition coefficient (Wildman–Crippen LogP) is 2.12. The van der Waals surface area contributed by atoms with Crippen LogP contribution in [0.25, 0.3) is 0 Å². The minimum Gasteiger partial charge on any atom is -0.341 e. The number of rotatable bonds is 5. The van der Waals surface area contributed by atoms with E-state index in [1.807, 2.05) is 0 Å². The molecule has 1 saturated heterocycles. The van der Waals surface area contributed by atoms with Crippen molar-refractivity contribution in [3.8, 4) is 0 Å². The summed E-state index contributed by atoms with van der Waals surface area (Å²) in [5, 5.41) is 0. The molecule has 0 radical (unpaired) electrons. The van der Waals surface area contributed by atoms with E-state index in [4.69, 9.17) is 0 Å². The molecule has 102 valence electrons. The number of hydrogen-bond donors (Lipinski definition) is 0. The Hall–Kier alpha value is -0.570. The second-order valence-electron chi connectivity index (χ2n) is 6.44. The van der Waals surface area contributed by atoms with Crippen molar-refractivity contribution >= 4 is 5.91 Å². The number of nitrogens with zero attached hydrogens (tertiary/aromatic N) is 2. The van der Waals surface area contributed by atoms with Crippen LogP contribution in [0.5, 0.6) is 0 Å². The largest absolute Gasteiger partial charge is 0.341 e. The molecule has 18 heavy (non-hydrogen) atoms. The minimum atomic E-state index is 0.393. The molecule has 3 rings (SSSR count). The van der Waals surface area contributed by atoms with Gasteiger partial charge < -0.3 is 9.80 Å². The molecule has 3 fully saturated rings. The second kappa shape index (κ2) is 4.84. The molecule has 0 aromatic heterocycles. The Morgan fingerprint density at radius 1 is 1.28 bits per heavy atom. The Morgan fingerprint density at radius 2 is 2.00 bits per heavy atom. The van der Waals surface area contributed by atoms with Crippen LogP contribution in [0.4, 0.5) is 0 Å². The molecule has 1 atom stereocenters. The zero-order valence-corrected chi connectivity index (χ0v) is 11.7. The smallest absolute Gasteiger partial charge is 0.226 e. The highest BCUT2D eigenvalue weighted by molar-refractivity contribution is 5.83. The first kappa shape index (κ1) is 12.5. The van der Waals surface area contributed by atoms with Crippen LogP contribution in [-0.2, 0) is 4.79 Å².